The van der Waals surface area contributed by atoms with Gasteiger partial charge in [0.25, 0.3) is 5.91 Å². The number of aryl methyl sites for hydroxylation is 2. The molecule has 0 radical (unpaired) electrons. The van der Waals surface area contributed by atoms with Gasteiger partial charge in [-0.25, -0.2) is 0 Å². The van der Waals surface area contributed by atoms with Crippen molar-refractivity contribution in [2.75, 3.05) is 6.61 Å². The molecule has 0 aliphatic heterocycles. The number of amides is 1. The van der Waals surface area contributed by atoms with Crippen molar-refractivity contribution in [3.8, 4) is 5.75 Å². The summed E-state index contributed by atoms with van der Waals surface area (Å²) >= 11 is 0. The van der Waals surface area contributed by atoms with Crippen LogP contribution in [-0.4, -0.2) is 18.6 Å². The maximum Gasteiger partial charge on any atom is 0.258 e. The number of carbonyl (C=O) groups excluding carboxylic acids is 1. The summed E-state index contributed by atoms with van der Waals surface area (Å²) in [5.74, 6) is 0.788. The van der Waals surface area contributed by atoms with E-state index < -0.39 is 0 Å². The number of ether oxygens (including phenoxy) is 1. The molecule has 3 nitrogen and oxygen atoms in total. The van der Waals surface area contributed by atoms with Crippen molar-refractivity contribution < 1.29 is 9.53 Å². The first-order valence-corrected chi connectivity index (χ1v) is 7.14. The number of rotatable bonds is 4. The fourth-order valence-corrected chi connectivity index (χ4v) is 2.62. The Morgan fingerprint density at radius 2 is 2.00 bits per heavy atom. The van der Waals surface area contributed by atoms with Crippen molar-refractivity contribution >= 4 is 5.91 Å². The van der Waals surface area contributed by atoms with Crippen LogP contribution in [0.25, 0.3) is 0 Å². The summed E-state index contributed by atoms with van der Waals surface area (Å²) in [6, 6.07) is 6.35. The van der Waals surface area contributed by atoms with E-state index in [0.29, 0.717) is 6.04 Å². The molecule has 0 saturated heterocycles. The van der Waals surface area contributed by atoms with Gasteiger partial charge in [0.05, 0.1) is 0 Å². The van der Waals surface area contributed by atoms with Crippen molar-refractivity contribution in [3.63, 3.8) is 0 Å². The molecule has 0 aromatic heterocycles. The van der Waals surface area contributed by atoms with Gasteiger partial charge in [-0.2, -0.15) is 0 Å². The minimum Gasteiger partial charge on any atom is -0.484 e. The van der Waals surface area contributed by atoms with Crippen LogP contribution in [0.1, 0.15) is 43.2 Å². The molecule has 0 atom stereocenters. The van der Waals surface area contributed by atoms with Crippen LogP contribution in [0.2, 0.25) is 0 Å². The van der Waals surface area contributed by atoms with Gasteiger partial charge in [-0.15, -0.1) is 0 Å². The Balaban J connectivity index is 1.79. The van der Waals surface area contributed by atoms with Gasteiger partial charge in [-0.1, -0.05) is 37.0 Å². The molecule has 0 heterocycles. The topological polar surface area (TPSA) is 38.3 Å². The summed E-state index contributed by atoms with van der Waals surface area (Å²) in [6.45, 7) is 4.16. The average molecular weight is 261 g/mol. The third-order valence-corrected chi connectivity index (χ3v) is 3.66. The average Bonchev–Trinajstić information content (AvgIpc) is 2.39. The van der Waals surface area contributed by atoms with Gasteiger partial charge < -0.3 is 10.1 Å². The smallest absolute Gasteiger partial charge is 0.258 e. The second kappa shape index (κ2) is 6.60. The highest BCUT2D eigenvalue weighted by Gasteiger charge is 2.15. The Morgan fingerprint density at radius 3 is 2.68 bits per heavy atom. The standard InChI is InChI=1S/C16H23NO2/c1-12-8-9-15(13(2)10-12)19-11-16(18)17-14-6-4-3-5-7-14/h8-10,14H,3-7,11H2,1-2H3,(H,17,18). The highest BCUT2D eigenvalue weighted by atomic mass is 16.5. The van der Waals surface area contributed by atoms with Gasteiger partial charge >= 0.3 is 0 Å². The Kier molecular flexibility index (Phi) is 4.83. The van der Waals surface area contributed by atoms with Crippen LogP contribution in [0.5, 0.6) is 5.75 Å². The van der Waals surface area contributed by atoms with Crippen molar-refractivity contribution in [2.24, 2.45) is 0 Å². The molecule has 1 amide bonds. The molecule has 1 saturated carbocycles. The van der Waals surface area contributed by atoms with E-state index in [-0.39, 0.29) is 12.5 Å². The lowest BCUT2D eigenvalue weighted by atomic mass is 9.95. The Hall–Kier alpha value is -1.51. The molecule has 1 aliphatic carbocycles. The zero-order valence-electron chi connectivity index (χ0n) is 11.9. The number of hydrogen-bond donors (Lipinski definition) is 1. The van der Waals surface area contributed by atoms with E-state index in [9.17, 15) is 4.79 Å². The maximum absolute atomic E-state index is 11.8. The molecule has 1 fully saturated rings. The third-order valence-electron chi connectivity index (χ3n) is 3.66. The summed E-state index contributed by atoms with van der Waals surface area (Å²) in [5, 5.41) is 3.06. The summed E-state index contributed by atoms with van der Waals surface area (Å²) < 4.78 is 5.58. The van der Waals surface area contributed by atoms with Crippen LogP contribution >= 0.6 is 0 Å². The van der Waals surface area contributed by atoms with Crippen LogP contribution in [0.4, 0.5) is 0 Å². The van der Waals surface area contributed by atoms with Crippen molar-refractivity contribution in [2.45, 2.75) is 52.0 Å². The van der Waals surface area contributed by atoms with Crippen LogP contribution in [0.3, 0.4) is 0 Å². The lowest BCUT2D eigenvalue weighted by Gasteiger charge is -2.22. The predicted octanol–water partition coefficient (Wildman–Crippen LogP) is 3.13. The zero-order valence-corrected chi connectivity index (χ0v) is 11.9. The molecule has 0 unspecified atom stereocenters. The zero-order chi connectivity index (χ0) is 13.7. The fourth-order valence-electron chi connectivity index (χ4n) is 2.62. The van der Waals surface area contributed by atoms with E-state index in [1.165, 1.54) is 24.8 Å². The van der Waals surface area contributed by atoms with E-state index in [1.54, 1.807) is 0 Å². The molecule has 3 heteroatoms. The van der Waals surface area contributed by atoms with Crippen molar-refractivity contribution in [3.05, 3.63) is 29.3 Å². The third kappa shape index (κ3) is 4.27. The van der Waals surface area contributed by atoms with Gasteiger partial charge in [0, 0.05) is 6.04 Å². The first-order valence-electron chi connectivity index (χ1n) is 7.14. The Morgan fingerprint density at radius 1 is 1.26 bits per heavy atom. The molecule has 1 aromatic carbocycles. The van der Waals surface area contributed by atoms with Crippen molar-refractivity contribution in [1.29, 1.82) is 0 Å². The summed E-state index contributed by atoms with van der Waals surface area (Å²) in [4.78, 5) is 11.8. The SMILES string of the molecule is Cc1ccc(OCC(=O)NC2CCCCC2)c(C)c1. The molecule has 1 aromatic rings. The van der Waals surface area contributed by atoms with Crippen LogP contribution in [0.15, 0.2) is 18.2 Å². The molecular formula is C16H23NO2. The number of benzene rings is 1. The predicted molar refractivity (Wildman–Crippen MR) is 76.4 cm³/mol. The second-order valence-electron chi connectivity index (χ2n) is 5.46. The maximum atomic E-state index is 11.8. The second-order valence-corrected chi connectivity index (χ2v) is 5.46. The van der Waals surface area contributed by atoms with Gasteiger partial charge in [-0.05, 0) is 38.3 Å². The molecular weight excluding hydrogens is 238 g/mol. The first-order chi connectivity index (χ1) is 9.15. The highest BCUT2D eigenvalue weighted by Crippen LogP contribution is 2.19. The normalized spacial score (nSPS) is 16.1. The van der Waals surface area contributed by atoms with E-state index >= 15 is 0 Å². The van der Waals surface area contributed by atoms with Crippen LogP contribution in [0, 0.1) is 13.8 Å². The van der Waals surface area contributed by atoms with E-state index in [2.05, 4.69) is 11.4 Å². The van der Waals surface area contributed by atoms with E-state index in [1.807, 2.05) is 26.0 Å². The Labute approximate surface area is 115 Å². The molecule has 2 rings (SSSR count). The molecule has 1 N–H and O–H groups in total. The fraction of sp³-hybridized carbons (Fsp3) is 0.562. The van der Waals surface area contributed by atoms with Crippen LogP contribution in [-0.2, 0) is 4.79 Å². The van der Waals surface area contributed by atoms with Crippen LogP contribution < -0.4 is 10.1 Å². The minimum absolute atomic E-state index is 0.00752. The summed E-state index contributed by atoms with van der Waals surface area (Å²) in [6.07, 6.45) is 5.96. The highest BCUT2D eigenvalue weighted by molar-refractivity contribution is 5.77. The van der Waals surface area contributed by atoms with Crippen molar-refractivity contribution in [1.82, 2.24) is 5.32 Å². The van der Waals surface area contributed by atoms with E-state index in [4.69, 9.17) is 4.74 Å². The lowest BCUT2D eigenvalue weighted by molar-refractivity contribution is -0.124. The summed E-state index contributed by atoms with van der Waals surface area (Å²) in [5.41, 5.74) is 2.28. The number of carbonyl (C=O) groups is 1. The first kappa shape index (κ1) is 13.9. The molecule has 1 aliphatic rings. The number of nitrogens with one attached hydrogen (secondary N) is 1. The molecule has 0 spiro atoms. The molecule has 19 heavy (non-hydrogen) atoms. The lowest BCUT2D eigenvalue weighted by Crippen LogP contribution is -2.39. The molecule has 104 valence electrons. The Bertz CT molecular complexity index is 436. The minimum atomic E-state index is -0.00752. The van der Waals surface area contributed by atoms with Gasteiger partial charge in [0.1, 0.15) is 5.75 Å². The number of hydrogen-bond acceptors (Lipinski definition) is 2. The quantitative estimate of drug-likeness (QED) is 0.904. The van der Waals surface area contributed by atoms with Gasteiger partial charge in [-0.3, -0.25) is 4.79 Å². The summed E-state index contributed by atoms with van der Waals surface area (Å²) in [7, 11) is 0. The largest absolute Gasteiger partial charge is 0.484 e. The monoisotopic (exact) mass is 261 g/mol. The van der Waals surface area contributed by atoms with Gasteiger partial charge in [0.2, 0.25) is 0 Å². The van der Waals surface area contributed by atoms with E-state index in [0.717, 1.165) is 24.2 Å². The molecule has 0 bridgehead atoms. The van der Waals surface area contributed by atoms with Gasteiger partial charge in [0.15, 0.2) is 6.61 Å².